The van der Waals surface area contributed by atoms with Crippen LogP contribution in [0.5, 0.6) is 0 Å². The fraction of sp³-hybridized carbons (Fsp3) is 0.200. The number of nitrogens with one attached hydrogen (secondary N) is 2. The second kappa shape index (κ2) is 4.70. The van der Waals surface area contributed by atoms with Gasteiger partial charge in [-0.15, -0.1) is 5.10 Å². The molecular weight excluding hydrogens is 240 g/mol. The van der Waals surface area contributed by atoms with Gasteiger partial charge in [-0.25, -0.2) is 0 Å². The first-order valence-corrected chi connectivity index (χ1v) is 5.08. The molecule has 1 atom stereocenters. The van der Waals surface area contributed by atoms with Crippen molar-refractivity contribution in [3.05, 3.63) is 39.9 Å². The van der Waals surface area contributed by atoms with Gasteiger partial charge in [0.05, 0.1) is 4.92 Å². The molecule has 1 aromatic rings. The van der Waals surface area contributed by atoms with E-state index in [1.807, 2.05) is 0 Å². The first kappa shape index (κ1) is 11.8. The lowest BCUT2D eigenvalue weighted by atomic mass is 10.2. The van der Waals surface area contributed by atoms with Gasteiger partial charge in [-0.2, -0.15) is 0 Å². The summed E-state index contributed by atoms with van der Waals surface area (Å²) in [6.45, 7) is 1.33. The minimum atomic E-state index is -0.647. The summed E-state index contributed by atoms with van der Waals surface area (Å²) in [6.07, 6.45) is -0.647. The van der Waals surface area contributed by atoms with Gasteiger partial charge in [0, 0.05) is 24.6 Å². The van der Waals surface area contributed by atoms with Gasteiger partial charge in [0.25, 0.3) is 5.69 Å². The highest BCUT2D eigenvalue weighted by Gasteiger charge is 2.23. The SMILES string of the molecule is CC(=O)NC1=NN[C@H](c2cccc([N+](=O)[O-])c2)O1. The van der Waals surface area contributed by atoms with Crippen molar-refractivity contribution in [2.75, 3.05) is 0 Å². The molecule has 0 saturated heterocycles. The lowest BCUT2D eigenvalue weighted by Gasteiger charge is -2.10. The Labute approximate surface area is 102 Å². The van der Waals surface area contributed by atoms with Crippen LogP contribution >= 0.6 is 0 Å². The van der Waals surface area contributed by atoms with Crippen molar-refractivity contribution in [3.8, 4) is 0 Å². The molecule has 1 aliphatic heterocycles. The Balaban J connectivity index is 2.09. The van der Waals surface area contributed by atoms with Crippen LogP contribution in [-0.2, 0) is 9.53 Å². The molecule has 1 amide bonds. The highest BCUT2D eigenvalue weighted by atomic mass is 16.6. The highest BCUT2D eigenvalue weighted by Crippen LogP contribution is 2.22. The first-order chi connectivity index (χ1) is 8.56. The van der Waals surface area contributed by atoms with Crippen LogP contribution in [-0.4, -0.2) is 16.9 Å². The molecule has 2 N–H and O–H groups in total. The molecule has 1 aromatic carbocycles. The zero-order valence-corrected chi connectivity index (χ0v) is 9.41. The average Bonchev–Trinajstić information content (AvgIpc) is 2.77. The van der Waals surface area contributed by atoms with Crippen LogP contribution in [0.15, 0.2) is 29.4 Å². The van der Waals surface area contributed by atoms with Gasteiger partial charge in [0.2, 0.25) is 12.1 Å². The number of hydrogen-bond acceptors (Lipinski definition) is 6. The molecular formula is C10H10N4O4. The Morgan fingerprint density at radius 1 is 1.61 bits per heavy atom. The molecule has 1 aliphatic rings. The molecule has 0 bridgehead atoms. The average molecular weight is 250 g/mol. The minimum Gasteiger partial charge on any atom is -0.434 e. The molecule has 0 fully saturated rings. The number of benzene rings is 1. The van der Waals surface area contributed by atoms with Crippen molar-refractivity contribution >= 4 is 17.6 Å². The van der Waals surface area contributed by atoms with E-state index in [9.17, 15) is 14.9 Å². The van der Waals surface area contributed by atoms with Gasteiger partial charge in [-0.05, 0) is 0 Å². The number of carbonyl (C=O) groups is 1. The predicted molar refractivity (Wildman–Crippen MR) is 61.3 cm³/mol. The summed E-state index contributed by atoms with van der Waals surface area (Å²) in [6, 6.07) is 6.02. The van der Waals surface area contributed by atoms with Gasteiger partial charge >= 0.3 is 6.02 Å². The molecule has 2 rings (SSSR count). The maximum absolute atomic E-state index is 10.8. The van der Waals surface area contributed by atoms with Crippen molar-refractivity contribution < 1.29 is 14.5 Å². The first-order valence-electron chi connectivity index (χ1n) is 5.08. The standard InChI is InChI=1S/C10H10N4O4/c1-6(15)11-10-13-12-9(18-10)7-3-2-4-8(5-7)14(16)17/h2-5,9,12H,1H3,(H,11,13,15)/t9-/m0/s1. The van der Waals surface area contributed by atoms with Gasteiger partial charge in [0.15, 0.2) is 0 Å². The molecule has 94 valence electrons. The molecule has 0 spiro atoms. The number of rotatable bonds is 2. The lowest BCUT2D eigenvalue weighted by molar-refractivity contribution is -0.385. The third-order valence-electron chi connectivity index (χ3n) is 2.18. The summed E-state index contributed by atoms with van der Waals surface area (Å²) in [5.74, 6) is -0.310. The van der Waals surface area contributed by atoms with Crippen molar-refractivity contribution in [2.45, 2.75) is 13.2 Å². The predicted octanol–water partition coefficient (Wildman–Crippen LogP) is 0.620. The number of nitro groups is 1. The molecule has 0 aromatic heterocycles. The van der Waals surface area contributed by atoms with Crippen LogP contribution in [0.25, 0.3) is 0 Å². The van der Waals surface area contributed by atoms with Crippen LogP contribution in [0.2, 0.25) is 0 Å². The number of nitro benzene ring substituents is 1. The van der Waals surface area contributed by atoms with Crippen molar-refractivity contribution in [3.63, 3.8) is 0 Å². The second-order valence-corrected chi connectivity index (χ2v) is 3.58. The van der Waals surface area contributed by atoms with Gasteiger partial charge in [0.1, 0.15) is 0 Å². The zero-order valence-electron chi connectivity index (χ0n) is 9.41. The Bertz CT molecular complexity index is 528. The third kappa shape index (κ3) is 2.54. The monoisotopic (exact) mass is 250 g/mol. The Hall–Kier alpha value is -2.64. The van der Waals surface area contributed by atoms with E-state index in [1.165, 1.54) is 19.1 Å². The van der Waals surface area contributed by atoms with E-state index in [0.717, 1.165) is 0 Å². The summed E-state index contributed by atoms with van der Waals surface area (Å²) >= 11 is 0. The summed E-state index contributed by atoms with van der Waals surface area (Å²) in [5.41, 5.74) is 3.14. The van der Waals surface area contributed by atoms with Crippen LogP contribution in [0.3, 0.4) is 0 Å². The van der Waals surface area contributed by atoms with E-state index in [1.54, 1.807) is 12.1 Å². The number of hydrogen-bond donors (Lipinski definition) is 2. The highest BCUT2D eigenvalue weighted by molar-refractivity contribution is 5.93. The number of nitrogens with zero attached hydrogens (tertiary/aromatic N) is 2. The van der Waals surface area contributed by atoms with E-state index in [4.69, 9.17) is 4.74 Å². The molecule has 0 radical (unpaired) electrons. The number of hydrazone groups is 1. The quantitative estimate of drug-likeness (QED) is 0.591. The summed E-state index contributed by atoms with van der Waals surface area (Å²) in [7, 11) is 0. The van der Waals surface area contributed by atoms with Gasteiger partial charge in [-0.3, -0.25) is 25.7 Å². The molecule has 0 unspecified atom stereocenters. The summed E-state index contributed by atoms with van der Waals surface area (Å²) < 4.78 is 5.28. The van der Waals surface area contributed by atoms with Crippen LogP contribution in [0.4, 0.5) is 5.69 Å². The van der Waals surface area contributed by atoms with E-state index >= 15 is 0 Å². The Morgan fingerprint density at radius 3 is 3.06 bits per heavy atom. The molecule has 1 heterocycles. The van der Waals surface area contributed by atoms with Crippen molar-refractivity contribution in [2.24, 2.45) is 5.10 Å². The number of non-ortho nitro benzene ring substituents is 1. The van der Waals surface area contributed by atoms with E-state index in [0.29, 0.717) is 5.56 Å². The van der Waals surface area contributed by atoms with Crippen LogP contribution in [0, 0.1) is 10.1 Å². The minimum absolute atomic E-state index is 0.0362. The second-order valence-electron chi connectivity index (χ2n) is 3.58. The maximum Gasteiger partial charge on any atom is 0.315 e. The van der Waals surface area contributed by atoms with Crippen molar-refractivity contribution in [1.82, 2.24) is 10.7 Å². The molecule has 0 aliphatic carbocycles. The Kier molecular flexibility index (Phi) is 3.09. The largest absolute Gasteiger partial charge is 0.434 e. The fourth-order valence-electron chi connectivity index (χ4n) is 1.43. The normalized spacial score (nSPS) is 17.4. The number of amides is 1. The van der Waals surface area contributed by atoms with E-state index < -0.39 is 11.2 Å². The van der Waals surface area contributed by atoms with Gasteiger partial charge < -0.3 is 4.74 Å². The maximum atomic E-state index is 10.8. The van der Waals surface area contributed by atoms with E-state index in [2.05, 4.69) is 15.8 Å². The fourth-order valence-corrected chi connectivity index (χ4v) is 1.43. The molecule has 8 nitrogen and oxygen atoms in total. The van der Waals surface area contributed by atoms with Gasteiger partial charge in [-0.1, -0.05) is 12.1 Å². The van der Waals surface area contributed by atoms with Crippen LogP contribution < -0.4 is 10.7 Å². The zero-order chi connectivity index (χ0) is 13.1. The Morgan fingerprint density at radius 2 is 2.39 bits per heavy atom. The molecule has 8 heteroatoms. The lowest BCUT2D eigenvalue weighted by Crippen LogP contribution is -2.28. The third-order valence-corrected chi connectivity index (χ3v) is 2.18. The number of ether oxygens (including phenoxy) is 1. The number of amidine groups is 1. The number of carbonyl (C=O) groups excluding carboxylic acids is 1. The molecule has 18 heavy (non-hydrogen) atoms. The summed E-state index contributed by atoms with van der Waals surface area (Å²) in [4.78, 5) is 20.9. The molecule has 0 saturated carbocycles. The smallest absolute Gasteiger partial charge is 0.315 e. The van der Waals surface area contributed by atoms with Crippen LogP contribution in [0.1, 0.15) is 18.7 Å². The topological polar surface area (TPSA) is 106 Å². The summed E-state index contributed by atoms with van der Waals surface area (Å²) in [5, 5.41) is 16.8. The van der Waals surface area contributed by atoms with Crippen molar-refractivity contribution in [1.29, 1.82) is 0 Å². The van der Waals surface area contributed by atoms with E-state index in [-0.39, 0.29) is 17.6 Å².